The van der Waals surface area contributed by atoms with E-state index in [2.05, 4.69) is 51.4 Å². The van der Waals surface area contributed by atoms with Crippen LogP contribution in [-0.4, -0.2) is 47.0 Å². The van der Waals surface area contributed by atoms with E-state index in [-0.39, 0.29) is 5.91 Å². The average Bonchev–Trinajstić information content (AvgIpc) is 2.75. The van der Waals surface area contributed by atoms with Crippen LogP contribution in [0.25, 0.3) is 0 Å². The topological polar surface area (TPSA) is 61.4 Å². The molecule has 2 saturated heterocycles. The molecule has 2 fully saturated rings. The molecule has 0 radical (unpaired) electrons. The normalized spacial score (nSPS) is 18.2. The van der Waals surface area contributed by atoms with Gasteiger partial charge in [0.2, 0.25) is 5.95 Å². The summed E-state index contributed by atoms with van der Waals surface area (Å²) >= 11 is 0. The number of nitrogens with one attached hydrogen (secondary N) is 1. The van der Waals surface area contributed by atoms with Crippen molar-refractivity contribution in [1.29, 1.82) is 0 Å². The van der Waals surface area contributed by atoms with Crippen molar-refractivity contribution in [3.05, 3.63) is 42.2 Å². The van der Waals surface area contributed by atoms with E-state index in [0.29, 0.717) is 11.6 Å². The minimum Gasteiger partial charge on any atom is -0.372 e. The fraction of sp³-hybridized carbons (Fsp3) is 0.500. The molecular weight excluding hydrogens is 350 g/mol. The highest BCUT2D eigenvalue weighted by Crippen LogP contribution is 2.25. The average molecular weight is 380 g/mol. The van der Waals surface area contributed by atoms with Crippen LogP contribution >= 0.6 is 0 Å². The third-order valence-electron chi connectivity index (χ3n) is 5.79. The number of carbonyl (C=O) groups excluding carboxylic acids is 1. The Morgan fingerprint density at radius 2 is 1.71 bits per heavy atom. The van der Waals surface area contributed by atoms with Crippen LogP contribution in [0, 0.1) is 5.92 Å². The van der Waals surface area contributed by atoms with E-state index in [1.807, 2.05) is 4.90 Å². The molecule has 6 nitrogen and oxygen atoms in total. The maximum absolute atomic E-state index is 12.6. The van der Waals surface area contributed by atoms with Gasteiger partial charge in [0.1, 0.15) is 5.69 Å². The van der Waals surface area contributed by atoms with Gasteiger partial charge < -0.3 is 15.1 Å². The predicted molar refractivity (Wildman–Crippen MR) is 112 cm³/mol. The largest absolute Gasteiger partial charge is 0.372 e. The number of anilines is 3. The van der Waals surface area contributed by atoms with Crippen LogP contribution in [0.15, 0.2) is 36.5 Å². The summed E-state index contributed by atoms with van der Waals surface area (Å²) < 4.78 is 0. The first-order chi connectivity index (χ1) is 13.7. The highest BCUT2D eigenvalue weighted by atomic mass is 16.2. The second-order valence-electron chi connectivity index (χ2n) is 7.96. The van der Waals surface area contributed by atoms with Crippen molar-refractivity contribution in [3.63, 3.8) is 0 Å². The smallest absolute Gasteiger partial charge is 0.272 e. The van der Waals surface area contributed by atoms with E-state index in [9.17, 15) is 4.79 Å². The van der Waals surface area contributed by atoms with Crippen LogP contribution in [0.1, 0.15) is 49.5 Å². The van der Waals surface area contributed by atoms with E-state index in [4.69, 9.17) is 0 Å². The zero-order chi connectivity index (χ0) is 19.3. The first-order valence-corrected chi connectivity index (χ1v) is 10.4. The van der Waals surface area contributed by atoms with Crippen molar-refractivity contribution in [1.82, 2.24) is 14.9 Å². The lowest BCUT2D eigenvalue weighted by molar-refractivity contribution is 0.0718. The van der Waals surface area contributed by atoms with Crippen molar-refractivity contribution >= 4 is 23.2 Å². The molecule has 1 aromatic carbocycles. The van der Waals surface area contributed by atoms with E-state index in [1.165, 1.54) is 24.9 Å². The molecule has 1 amide bonds. The molecule has 0 unspecified atom stereocenters. The Morgan fingerprint density at radius 1 is 1.00 bits per heavy atom. The van der Waals surface area contributed by atoms with Gasteiger partial charge in [-0.25, -0.2) is 9.97 Å². The minimum atomic E-state index is -0.000162. The van der Waals surface area contributed by atoms with E-state index in [0.717, 1.165) is 50.6 Å². The van der Waals surface area contributed by atoms with Gasteiger partial charge in [0.25, 0.3) is 5.91 Å². The Kier molecular flexibility index (Phi) is 5.74. The Balaban J connectivity index is 1.40. The van der Waals surface area contributed by atoms with Crippen molar-refractivity contribution in [2.45, 2.75) is 39.0 Å². The summed E-state index contributed by atoms with van der Waals surface area (Å²) in [5.41, 5.74) is 2.64. The number of amides is 1. The van der Waals surface area contributed by atoms with Crippen molar-refractivity contribution in [2.75, 3.05) is 36.4 Å². The molecule has 6 heteroatoms. The number of rotatable bonds is 4. The molecule has 2 aliphatic rings. The summed E-state index contributed by atoms with van der Waals surface area (Å²) in [4.78, 5) is 25.7. The van der Waals surface area contributed by atoms with Crippen LogP contribution in [0.2, 0.25) is 0 Å². The van der Waals surface area contributed by atoms with Gasteiger partial charge in [0.05, 0.1) is 0 Å². The Hall–Kier alpha value is -2.63. The number of hydrogen-bond donors (Lipinski definition) is 1. The number of aromatic nitrogens is 2. The molecule has 0 spiro atoms. The van der Waals surface area contributed by atoms with E-state index >= 15 is 0 Å². The number of piperidine rings is 2. The highest BCUT2D eigenvalue weighted by molar-refractivity contribution is 5.92. The zero-order valence-electron chi connectivity index (χ0n) is 16.6. The molecule has 0 atom stereocenters. The zero-order valence-corrected chi connectivity index (χ0v) is 16.6. The number of hydrogen-bond acceptors (Lipinski definition) is 5. The van der Waals surface area contributed by atoms with Crippen LogP contribution in [-0.2, 0) is 0 Å². The molecule has 0 saturated carbocycles. The molecule has 148 valence electrons. The van der Waals surface area contributed by atoms with Gasteiger partial charge in [-0.15, -0.1) is 0 Å². The van der Waals surface area contributed by atoms with Gasteiger partial charge >= 0.3 is 0 Å². The lowest BCUT2D eigenvalue weighted by atomic mass is 9.99. The Bertz CT molecular complexity index is 793. The second-order valence-corrected chi connectivity index (χ2v) is 7.96. The summed E-state index contributed by atoms with van der Waals surface area (Å²) in [7, 11) is 0. The maximum atomic E-state index is 12.6. The van der Waals surface area contributed by atoms with Gasteiger partial charge in [0, 0.05) is 43.8 Å². The number of benzene rings is 1. The van der Waals surface area contributed by atoms with Crippen LogP contribution < -0.4 is 10.2 Å². The lowest BCUT2D eigenvalue weighted by Crippen LogP contribution is -2.36. The molecule has 2 aromatic rings. The second kappa shape index (κ2) is 8.59. The summed E-state index contributed by atoms with van der Waals surface area (Å²) in [5, 5.41) is 3.23. The van der Waals surface area contributed by atoms with E-state index in [1.54, 1.807) is 12.3 Å². The first kappa shape index (κ1) is 18.7. The minimum absolute atomic E-state index is 0.000162. The monoisotopic (exact) mass is 379 g/mol. The van der Waals surface area contributed by atoms with Gasteiger partial charge in [-0.2, -0.15) is 0 Å². The van der Waals surface area contributed by atoms with Crippen molar-refractivity contribution < 1.29 is 4.79 Å². The Morgan fingerprint density at radius 3 is 2.43 bits per heavy atom. The van der Waals surface area contributed by atoms with Gasteiger partial charge in [0.15, 0.2) is 0 Å². The number of carbonyl (C=O) groups is 1. The van der Waals surface area contributed by atoms with Gasteiger partial charge in [-0.05, 0) is 68.4 Å². The quantitative estimate of drug-likeness (QED) is 0.867. The third kappa shape index (κ3) is 4.43. The van der Waals surface area contributed by atoms with Gasteiger partial charge in [-0.1, -0.05) is 6.92 Å². The molecule has 0 bridgehead atoms. The van der Waals surface area contributed by atoms with Crippen LogP contribution in [0.4, 0.5) is 17.3 Å². The fourth-order valence-corrected chi connectivity index (χ4v) is 3.95. The Labute approximate surface area is 167 Å². The van der Waals surface area contributed by atoms with Crippen molar-refractivity contribution in [3.8, 4) is 0 Å². The highest BCUT2D eigenvalue weighted by Gasteiger charge is 2.20. The first-order valence-electron chi connectivity index (χ1n) is 10.4. The van der Waals surface area contributed by atoms with Crippen molar-refractivity contribution in [2.24, 2.45) is 5.92 Å². The fourth-order valence-electron chi connectivity index (χ4n) is 3.95. The molecule has 2 aliphatic heterocycles. The standard InChI is InChI=1S/C22H29N5O/c1-17-10-15-26(16-11-17)19-7-5-18(6-8-19)24-22-23-12-9-20(25-22)21(28)27-13-3-2-4-14-27/h5-9,12,17H,2-4,10-11,13-16H2,1H3,(H,23,24,25). The lowest BCUT2D eigenvalue weighted by Gasteiger charge is -2.32. The number of likely N-dealkylation sites (tertiary alicyclic amines) is 1. The third-order valence-corrected chi connectivity index (χ3v) is 5.79. The molecule has 4 rings (SSSR count). The molecular formula is C22H29N5O. The molecule has 0 aliphatic carbocycles. The molecule has 1 N–H and O–H groups in total. The van der Waals surface area contributed by atoms with Gasteiger partial charge in [-0.3, -0.25) is 4.79 Å². The summed E-state index contributed by atoms with van der Waals surface area (Å²) in [6.45, 7) is 6.22. The maximum Gasteiger partial charge on any atom is 0.272 e. The number of nitrogens with zero attached hydrogens (tertiary/aromatic N) is 4. The van der Waals surface area contributed by atoms with E-state index < -0.39 is 0 Å². The van der Waals surface area contributed by atoms with Crippen LogP contribution in [0.5, 0.6) is 0 Å². The predicted octanol–water partition coefficient (Wildman–Crippen LogP) is 4.08. The van der Waals surface area contributed by atoms with Crippen LogP contribution in [0.3, 0.4) is 0 Å². The summed E-state index contributed by atoms with van der Waals surface area (Å²) in [5.74, 6) is 1.29. The summed E-state index contributed by atoms with van der Waals surface area (Å²) in [6, 6.07) is 10.1. The summed E-state index contributed by atoms with van der Waals surface area (Å²) in [6.07, 6.45) is 7.51. The molecule has 3 heterocycles. The molecule has 28 heavy (non-hydrogen) atoms. The SMILES string of the molecule is CC1CCN(c2ccc(Nc3nccc(C(=O)N4CCCCC4)n3)cc2)CC1. The molecule has 1 aromatic heterocycles.